The lowest BCUT2D eigenvalue weighted by Crippen LogP contribution is -2.37. The zero-order valence-corrected chi connectivity index (χ0v) is 21.0. The van der Waals surface area contributed by atoms with Crippen LogP contribution < -0.4 is 9.75 Å². The highest BCUT2D eigenvalue weighted by Gasteiger charge is 2.24. The normalized spacial score (nSPS) is 15.5. The fraction of sp³-hybridized carbons (Fsp3) is 0.233. The molecule has 0 aliphatic rings. The second-order valence-corrected chi connectivity index (χ2v) is 15.1. The molecule has 5 rings (SSSR count). The molecule has 0 saturated heterocycles. The van der Waals surface area contributed by atoms with E-state index >= 15 is 0 Å². The molecule has 0 aliphatic heterocycles. The van der Waals surface area contributed by atoms with Gasteiger partial charge in [-0.3, -0.25) is 0 Å². The number of fused-ring (bicyclic) bond motifs is 3. The molecule has 2 nitrogen and oxygen atoms in total. The van der Waals surface area contributed by atoms with Crippen molar-refractivity contribution in [2.75, 3.05) is 0 Å². The van der Waals surface area contributed by atoms with Crippen molar-refractivity contribution in [2.45, 2.75) is 40.3 Å². The number of nitrogens with zero attached hydrogens (tertiary/aromatic N) is 1. The first kappa shape index (κ1) is 16.4. The summed E-state index contributed by atoms with van der Waals surface area (Å²) in [4.78, 5) is 0. The minimum Gasteiger partial charge on any atom is -0.455 e. The predicted octanol–water partition coefficient (Wildman–Crippen LogP) is 7.35. The molecular formula is C30H31FNOSi+. The molecule has 0 unspecified atom stereocenters. The summed E-state index contributed by atoms with van der Waals surface area (Å²) < 4.78 is 71.8. The third-order valence-corrected chi connectivity index (χ3v) is 8.56. The molecule has 0 saturated carbocycles. The number of hydrogen-bond donors (Lipinski definition) is 0. The van der Waals surface area contributed by atoms with Gasteiger partial charge < -0.3 is 4.42 Å². The van der Waals surface area contributed by atoms with Crippen LogP contribution in [0.2, 0.25) is 19.6 Å². The number of halogens is 1. The molecule has 2 heterocycles. The Morgan fingerprint density at radius 3 is 2.35 bits per heavy atom. The SMILES string of the molecule is [2H]C([2H])([2H])c1cc([Si](C)(C)C)ccc1-c1cc(-c2c(C)ccc3c2oc2cc(F)ccc23)[n+](C)cc1C([2H])([2H])[2H]. The number of hydrogen-bond acceptors (Lipinski definition) is 1. The molecule has 0 bridgehead atoms. The highest BCUT2D eigenvalue weighted by atomic mass is 28.3. The van der Waals surface area contributed by atoms with E-state index in [1.165, 1.54) is 12.1 Å². The van der Waals surface area contributed by atoms with Crippen molar-refractivity contribution in [1.29, 1.82) is 0 Å². The van der Waals surface area contributed by atoms with Crippen LogP contribution in [0.1, 0.15) is 24.9 Å². The summed E-state index contributed by atoms with van der Waals surface area (Å²) in [5, 5.41) is 2.56. The maximum atomic E-state index is 14.0. The van der Waals surface area contributed by atoms with E-state index in [2.05, 4.69) is 19.6 Å². The third kappa shape index (κ3) is 3.66. The zero-order valence-electron chi connectivity index (χ0n) is 26.0. The molecule has 0 fully saturated rings. The van der Waals surface area contributed by atoms with Gasteiger partial charge in [-0.15, -0.1) is 0 Å². The van der Waals surface area contributed by atoms with Gasteiger partial charge >= 0.3 is 0 Å². The topological polar surface area (TPSA) is 17.0 Å². The summed E-state index contributed by atoms with van der Waals surface area (Å²) in [5.74, 6) is -0.404. The van der Waals surface area contributed by atoms with E-state index in [1.54, 1.807) is 42.1 Å². The Morgan fingerprint density at radius 1 is 0.853 bits per heavy atom. The van der Waals surface area contributed by atoms with Crippen molar-refractivity contribution in [1.82, 2.24) is 0 Å². The largest absolute Gasteiger partial charge is 0.455 e. The van der Waals surface area contributed by atoms with Crippen LogP contribution in [0.3, 0.4) is 0 Å². The Hall–Kier alpha value is -3.24. The number of pyridine rings is 1. The fourth-order valence-electron chi connectivity index (χ4n) is 4.60. The Morgan fingerprint density at radius 2 is 1.62 bits per heavy atom. The molecule has 0 aliphatic carbocycles. The van der Waals surface area contributed by atoms with Crippen molar-refractivity contribution in [3.05, 3.63) is 83.3 Å². The molecule has 3 aromatic carbocycles. The monoisotopic (exact) mass is 474 g/mol. The van der Waals surface area contributed by atoms with Gasteiger partial charge in [0.25, 0.3) is 0 Å². The van der Waals surface area contributed by atoms with E-state index in [0.717, 1.165) is 27.1 Å². The first-order valence-electron chi connectivity index (χ1n) is 14.3. The Labute approximate surface area is 210 Å². The number of aromatic nitrogens is 1. The van der Waals surface area contributed by atoms with Crippen LogP contribution in [0.15, 0.2) is 65.2 Å². The number of benzene rings is 3. The first-order chi connectivity index (χ1) is 18.5. The lowest BCUT2D eigenvalue weighted by Gasteiger charge is -2.19. The smallest absolute Gasteiger partial charge is 0.216 e. The lowest BCUT2D eigenvalue weighted by atomic mass is 9.94. The molecule has 2 aromatic heterocycles. The van der Waals surface area contributed by atoms with Crippen LogP contribution in [-0.4, -0.2) is 8.07 Å². The van der Waals surface area contributed by atoms with Crippen LogP contribution in [0.5, 0.6) is 0 Å². The summed E-state index contributed by atoms with van der Waals surface area (Å²) >= 11 is 0. The van der Waals surface area contributed by atoms with Gasteiger partial charge in [-0.2, -0.15) is 0 Å². The molecule has 4 heteroatoms. The Kier molecular flexibility index (Phi) is 3.82. The van der Waals surface area contributed by atoms with Gasteiger partial charge in [0.1, 0.15) is 24.0 Å². The quantitative estimate of drug-likeness (QED) is 0.197. The number of furan rings is 1. The average Bonchev–Trinajstić information content (AvgIpc) is 3.19. The summed E-state index contributed by atoms with van der Waals surface area (Å²) in [7, 11) is -0.0951. The van der Waals surface area contributed by atoms with Crippen molar-refractivity contribution in [2.24, 2.45) is 7.05 Å². The van der Waals surface area contributed by atoms with E-state index in [0.29, 0.717) is 28.0 Å². The molecular weight excluding hydrogens is 437 g/mol. The fourth-order valence-corrected chi connectivity index (χ4v) is 5.76. The minimum atomic E-state index is -2.49. The van der Waals surface area contributed by atoms with Crippen molar-refractivity contribution >= 4 is 35.2 Å². The van der Waals surface area contributed by atoms with Crippen LogP contribution >= 0.6 is 0 Å². The van der Waals surface area contributed by atoms with Gasteiger partial charge in [-0.1, -0.05) is 55.2 Å². The van der Waals surface area contributed by atoms with Gasteiger partial charge in [0, 0.05) is 36.7 Å². The van der Waals surface area contributed by atoms with Gasteiger partial charge in [0.05, 0.1) is 13.6 Å². The van der Waals surface area contributed by atoms with Crippen molar-refractivity contribution < 1.29 is 21.6 Å². The van der Waals surface area contributed by atoms with Gasteiger partial charge in [0.2, 0.25) is 5.69 Å². The standard InChI is InChI=1S/C30H31FNOSi/c1-18-8-11-25-24-12-9-21(31)15-28(24)33-30(25)29(18)27-16-26(20(3)17-32(27)4)23-13-10-22(14-19(23)2)34(5,6)7/h8-17H,1-7H3/q+1/i2D3,3D3. The number of rotatable bonds is 3. The van der Waals surface area contributed by atoms with E-state index in [-0.39, 0.29) is 11.1 Å². The molecule has 172 valence electrons. The van der Waals surface area contributed by atoms with Crippen LogP contribution in [0.4, 0.5) is 4.39 Å². The highest BCUT2D eigenvalue weighted by Crippen LogP contribution is 2.38. The minimum absolute atomic E-state index is 0.0570. The highest BCUT2D eigenvalue weighted by molar-refractivity contribution is 6.88. The van der Waals surface area contributed by atoms with Gasteiger partial charge in [0.15, 0.2) is 6.20 Å². The third-order valence-electron chi connectivity index (χ3n) is 6.52. The molecule has 5 aromatic rings. The lowest BCUT2D eigenvalue weighted by molar-refractivity contribution is -0.660. The summed E-state index contributed by atoms with van der Waals surface area (Å²) in [6, 6.07) is 15.4. The second kappa shape index (κ2) is 7.92. The summed E-state index contributed by atoms with van der Waals surface area (Å²) in [6.45, 7) is 3.41. The maximum Gasteiger partial charge on any atom is 0.216 e. The zero-order chi connectivity index (χ0) is 29.4. The molecule has 34 heavy (non-hydrogen) atoms. The molecule has 0 atom stereocenters. The number of aryl methyl sites for hydroxylation is 4. The summed E-state index contributed by atoms with van der Waals surface area (Å²) in [6.07, 6.45) is 1.55. The first-order valence-corrected chi connectivity index (χ1v) is 14.8. The second-order valence-electron chi connectivity index (χ2n) is 9.98. The van der Waals surface area contributed by atoms with Crippen molar-refractivity contribution in [3.63, 3.8) is 0 Å². The van der Waals surface area contributed by atoms with Gasteiger partial charge in [-0.25, -0.2) is 8.96 Å². The van der Waals surface area contributed by atoms with Crippen molar-refractivity contribution in [3.8, 4) is 22.4 Å². The maximum absolute atomic E-state index is 14.0. The van der Waals surface area contributed by atoms with E-state index < -0.39 is 27.6 Å². The molecule has 0 amide bonds. The summed E-state index contributed by atoms with van der Waals surface area (Å²) in [5.41, 5.74) is 4.10. The Bertz CT molecular complexity index is 1800. The molecule has 0 N–H and O–H groups in total. The van der Waals surface area contributed by atoms with E-state index in [4.69, 9.17) is 12.6 Å². The van der Waals surface area contributed by atoms with Crippen LogP contribution in [0.25, 0.3) is 44.3 Å². The molecule has 0 spiro atoms. The van der Waals surface area contributed by atoms with Gasteiger partial charge in [-0.05, 0) is 55.0 Å². The van der Waals surface area contributed by atoms with Crippen LogP contribution in [-0.2, 0) is 7.05 Å². The van der Waals surface area contributed by atoms with E-state index in [1.807, 2.05) is 25.1 Å². The van der Waals surface area contributed by atoms with Crippen LogP contribution in [0, 0.1) is 26.4 Å². The molecule has 0 radical (unpaired) electrons. The average molecular weight is 475 g/mol. The Balaban J connectivity index is 1.87. The predicted molar refractivity (Wildman–Crippen MR) is 143 cm³/mol. The van der Waals surface area contributed by atoms with E-state index in [9.17, 15) is 4.39 Å².